The molecule has 0 spiro atoms. The topological polar surface area (TPSA) is 63.2 Å². The van der Waals surface area contributed by atoms with Crippen LogP contribution in [0.2, 0.25) is 0 Å². The molecule has 8 heteroatoms. The van der Waals surface area contributed by atoms with Gasteiger partial charge in [-0.15, -0.1) is 10.2 Å². The number of methoxy groups -OCH3 is 1. The van der Waals surface area contributed by atoms with E-state index in [1.165, 1.54) is 13.2 Å². The maximum atomic E-state index is 14.6. The Balaban J connectivity index is 1.67. The molecule has 0 saturated carbocycles. The average molecular weight is 399 g/mol. The van der Waals surface area contributed by atoms with Gasteiger partial charge in [-0.3, -0.25) is 9.88 Å². The third kappa shape index (κ3) is 4.12. The van der Waals surface area contributed by atoms with Crippen LogP contribution >= 0.6 is 0 Å². The van der Waals surface area contributed by atoms with E-state index in [-0.39, 0.29) is 12.7 Å². The summed E-state index contributed by atoms with van der Waals surface area (Å²) in [4.78, 5) is 6.32. The molecule has 6 nitrogen and oxygen atoms in total. The SMILES string of the molecule is COc1ccc(-c2nnc(NC3CCCN(CCF)C3)c3cnccc23)c(F)c1. The summed E-state index contributed by atoms with van der Waals surface area (Å²) in [6, 6.07) is 6.63. The number of likely N-dealkylation sites (tertiary alicyclic amines) is 1. The Kier molecular flexibility index (Phi) is 5.80. The lowest BCUT2D eigenvalue weighted by Crippen LogP contribution is -2.43. The minimum atomic E-state index is -0.424. The van der Waals surface area contributed by atoms with E-state index >= 15 is 0 Å². The van der Waals surface area contributed by atoms with Crippen LogP contribution in [-0.4, -0.2) is 59.5 Å². The Morgan fingerprint density at radius 3 is 2.93 bits per heavy atom. The molecule has 3 aromatic rings. The van der Waals surface area contributed by atoms with Crippen LogP contribution in [0.15, 0.2) is 36.7 Å². The summed E-state index contributed by atoms with van der Waals surface area (Å²) in [6.45, 7) is 1.76. The smallest absolute Gasteiger partial charge is 0.158 e. The normalized spacial score (nSPS) is 17.4. The summed E-state index contributed by atoms with van der Waals surface area (Å²) < 4.78 is 32.4. The minimum absolute atomic E-state index is 0.150. The fourth-order valence-corrected chi connectivity index (χ4v) is 3.81. The standard InChI is InChI=1S/C21H23F2N5O/c1-29-15-4-5-17(19(23)11-15)20-16-6-8-24-12-18(16)21(27-26-20)25-14-3-2-9-28(13-14)10-7-22/h4-6,8,11-12,14H,2-3,7,9-10,13H2,1H3,(H,25,27). The number of fused-ring (bicyclic) bond motifs is 1. The molecular formula is C21H23F2N5O. The Labute approximate surface area is 167 Å². The van der Waals surface area contributed by atoms with E-state index in [1.807, 2.05) is 6.07 Å². The van der Waals surface area contributed by atoms with Crippen LogP contribution in [0, 0.1) is 5.82 Å². The van der Waals surface area contributed by atoms with Crippen molar-refractivity contribution in [3.05, 3.63) is 42.5 Å². The van der Waals surface area contributed by atoms with Crippen molar-refractivity contribution in [2.75, 3.05) is 38.7 Å². The number of alkyl halides is 1. The van der Waals surface area contributed by atoms with Crippen LogP contribution in [0.3, 0.4) is 0 Å². The number of halogens is 2. The Bertz CT molecular complexity index is 998. The molecule has 1 fully saturated rings. The molecule has 2 aromatic heterocycles. The highest BCUT2D eigenvalue weighted by Gasteiger charge is 2.22. The number of anilines is 1. The number of hydrogen-bond donors (Lipinski definition) is 1. The van der Waals surface area contributed by atoms with E-state index in [4.69, 9.17) is 4.74 Å². The second-order valence-corrected chi connectivity index (χ2v) is 7.14. The lowest BCUT2D eigenvalue weighted by molar-refractivity contribution is 0.200. The molecule has 0 bridgehead atoms. The average Bonchev–Trinajstić information content (AvgIpc) is 2.75. The second kappa shape index (κ2) is 8.65. The summed E-state index contributed by atoms with van der Waals surface area (Å²) >= 11 is 0. The summed E-state index contributed by atoms with van der Waals surface area (Å²) in [6.07, 6.45) is 5.33. The maximum Gasteiger partial charge on any atom is 0.158 e. The van der Waals surface area contributed by atoms with E-state index in [0.717, 1.165) is 36.7 Å². The maximum absolute atomic E-state index is 14.6. The van der Waals surface area contributed by atoms with Gasteiger partial charge in [0.2, 0.25) is 0 Å². The Morgan fingerprint density at radius 2 is 2.14 bits per heavy atom. The monoisotopic (exact) mass is 399 g/mol. The number of nitrogens with zero attached hydrogens (tertiary/aromatic N) is 4. The van der Waals surface area contributed by atoms with Crippen LogP contribution in [0.1, 0.15) is 12.8 Å². The number of ether oxygens (including phenoxy) is 1. The summed E-state index contributed by atoms with van der Waals surface area (Å²) in [5.74, 6) is 0.628. The zero-order valence-corrected chi connectivity index (χ0v) is 16.2. The number of piperidine rings is 1. The molecule has 1 atom stereocenters. The Hall–Kier alpha value is -2.87. The van der Waals surface area contributed by atoms with E-state index in [9.17, 15) is 8.78 Å². The van der Waals surface area contributed by atoms with Crippen LogP contribution in [-0.2, 0) is 0 Å². The summed E-state index contributed by atoms with van der Waals surface area (Å²) in [5, 5.41) is 13.6. The molecule has 1 aliphatic rings. The first-order valence-corrected chi connectivity index (χ1v) is 9.68. The van der Waals surface area contributed by atoms with Crippen LogP contribution in [0.25, 0.3) is 22.0 Å². The number of hydrogen-bond acceptors (Lipinski definition) is 6. The highest BCUT2D eigenvalue weighted by Crippen LogP contribution is 2.32. The van der Waals surface area contributed by atoms with Crippen molar-refractivity contribution in [3.63, 3.8) is 0 Å². The zero-order valence-electron chi connectivity index (χ0n) is 16.2. The van der Waals surface area contributed by atoms with Crippen LogP contribution in [0.5, 0.6) is 5.75 Å². The fourth-order valence-electron chi connectivity index (χ4n) is 3.81. The second-order valence-electron chi connectivity index (χ2n) is 7.14. The van der Waals surface area contributed by atoms with Gasteiger partial charge in [0.05, 0.1) is 7.11 Å². The van der Waals surface area contributed by atoms with Crippen molar-refractivity contribution in [2.45, 2.75) is 18.9 Å². The van der Waals surface area contributed by atoms with Gasteiger partial charge in [0.1, 0.15) is 23.9 Å². The van der Waals surface area contributed by atoms with Gasteiger partial charge in [-0.1, -0.05) is 0 Å². The lowest BCUT2D eigenvalue weighted by atomic mass is 10.0. The van der Waals surface area contributed by atoms with Gasteiger partial charge in [-0.25, -0.2) is 8.78 Å². The van der Waals surface area contributed by atoms with Crippen LogP contribution in [0.4, 0.5) is 14.6 Å². The number of benzene rings is 1. The highest BCUT2D eigenvalue weighted by atomic mass is 19.1. The third-order valence-electron chi connectivity index (χ3n) is 5.26. The summed E-state index contributed by atoms with van der Waals surface area (Å²) in [5.41, 5.74) is 0.809. The predicted octanol–water partition coefficient (Wildman–Crippen LogP) is 3.69. The molecular weight excluding hydrogens is 376 g/mol. The van der Waals surface area contributed by atoms with Crippen molar-refractivity contribution in [2.24, 2.45) is 0 Å². The first-order chi connectivity index (χ1) is 14.2. The van der Waals surface area contributed by atoms with Gasteiger partial charge in [0, 0.05) is 53.9 Å². The molecule has 0 radical (unpaired) electrons. The molecule has 1 unspecified atom stereocenters. The first-order valence-electron chi connectivity index (χ1n) is 9.68. The summed E-state index contributed by atoms with van der Waals surface area (Å²) in [7, 11) is 1.50. The third-order valence-corrected chi connectivity index (χ3v) is 5.26. The molecule has 1 N–H and O–H groups in total. The zero-order chi connectivity index (χ0) is 20.2. The van der Waals surface area contributed by atoms with E-state index < -0.39 is 5.82 Å². The van der Waals surface area contributed by atoms with E-state index in [2.05, 4.69) is 25.4 Å². The van der Waals surface area contributed by atoms with Gasteiger partial charge in [-0.05, 0) is 37.6 Å². The molecule has 1 aliphatic heterocycles. The predicted molar refractivity (Wildman–Crippen MR) is 108 cm³/mol. The molecule has 0 amide bonds. The molecule has 152 valence electrons. The molecule has 4 rings (SSSR count). The van der Waals surface area contributed by atoms with Gasteiger partial charge in [0.25, 0.3) is 0 Å². The molecule has 1 saturated heterocycles. The van der Waals surface area contributed by atoms with Gasteiger partial charge in [0.15, 0.2) is 5.82 Å². The van der Waals surface area contributed by atoms with Gasteiger partial charge < -0.3 is 10.1 Å². The first kappa shape index (κ1) is 19.4. The van der Waals surface area contributed by atoms with E-state index in [0.29, 0.717) is 29.4 Å². The van der Waals surface area contributed by atoms with Crippen LogP contribution < -0.4 is 10.1 Å². The van der Waals surface area contributed by atoms with Crippen molar-refractivity contribution in [3.8, 4) is 17.0 Å². The minimum Gasteiger partial charge on any atom is -0.497 e. The highest BCUT2D eigenvalue weighted by molar-refractivity contribution is 5.99. The number of aromatic nitrogens is 3. The molecule has 0 aliphatic carbocycles. The Morgan fingerprint density at radius 1 is 1.24 bits per heavy atom. The van der Waals surface area contributed by atoms with Crippen molar-refractivity contribution in [1.29, 1.82) is 0 Å². The quantitative estimate of drug-likeness (QED) is 0.682. The van der Waals surface area contributed by atoms with Gasteiger partial charge in [-0.2, -0.15) is 0 Å². The number of rotatable bonds is 6. The fraction of sp³-hybridized carbons (Fsp3) is 0.381. The lowest BCUT2D eigenvalue weighted by Gasteiger charge is -2.32. The number of nitrogens with one attached hydrogen (secondary N) is 1. The number of pyridine rings is 1. The van der Waals surface area contributed by atoms with Crippen molar-refractivity contribution < 1.29 is 13.5 Å². The molecule has 3 heterocycles. The van der Waals surface area contributed by atoms with Crippen molar-refractivity contribution >= 4 is 16.6 Å². The van der Waals surface area contributed by atoms with Crippen molar-refractivity contribution in [1.82, 2.24) is 20.1 Å². The van der Waals surface area contributed by atoms with E-state index in [1.54, 1.807) is 24.5 Å². The molecule has 29 heavy (non-hydrogen) atoms. The largest absolute Gasteiger partial charge is 0.497 e. The molecule has 1 aromatic carbocycles. The van der Waals surface area contributed by atoms with Gasteiger partial charge >= 0.3 is 0 Å².